The summed E-state index contributed by atoms with van der Waals surface area (Å²) in [5, 5.41) is 0. The minimum Gasteiger partial charge on any atom is -0.493 e. The van der Waals surface area contributed by atoms with Gasteiger partial charge in [0.2, 0.25) is 0 Å². The van der Waals surface area contributed by atoms with Crippen molar-refractivity contribution in [2.75, 3.05) is 33.9 Å². The molecule has 1 aromatic carbocycles. The molecule has 0 bridgehead atoms. The fourth-order valence-corrected chi connectivity index (χ4v) is 5.27. The molecular weight excluding hydrogens is 426 g/mol. The van der Waals surface area contributed by atoms with Crippen molar-refractivity contribution in [3.63, 3.8) is 0 Å². The number of ketones is 1. The van der Waals surface area contributed by atoms with Crippen LogP contribution in [0.5, 0.6) is 11.5 Å². The van der Waals surface area contributed by atoms with E-state index in [0.717, 1.165) is 12.8 Å². The molecule has 0 unspecified atom stereocenters. The number of fused-ring (bicyclic) bond motifs is 1. The Kier molecular flexibility index (Phi) is 5.21. The number of aromatic amines is 1. The van der Waals surface area contributed by atoms with Crippen LogP contribution >= 0.6 is 0 Å². The number of H-pyrrole nitrogens is 1. The minimum atomic E-state index is -4.24. The average Bonchev–Trinajstić information content (AvgIpc) is 3.50. The predicted molar refractivity (Wildman–Crippen MR) is 108 cm³/mol. The number of likely N-dealkylation sites (tertiary alicyclic amines) is 1. The Morgan fingerprint density at radius 1 is 1.06 bits per heavy atom. The normalized spacial score (nSPS) is 17.0. The van der Waals surface area contributed by atoms with Crippen LogP contribution in [-0.4, -0.2) is 74.1 Å². The van der Waals surface area contributed by atoms with E-state index >= 15 is 0 Å². The van der Waals surface area contributed by atoms with Crippen molar-refractivity contribution in [1.29, 1.82) is 0 Å². The Labute approximate surface area is 178 Å². The smallest absolute Gasteiger partial charge is 0.270 e. The van der Waals surface area contributed by atoms with Gasteiger partial charge in [-0.1, -0.05) is 0 Å². The van der Waals surface area contributed by atoms with Gasteiger partial charge in [-0.25, -0.2) is 12.7 Å². The van der Waals surface area contributed by atoms with Crippen LogP contribution in [0.25, 0.3) is 0 Å². The summed E-state index contributed by atoms with van der Waals surface area (Å²) in [6.45, 7) is 0.634. The number of methoxy groups -OCH3 is 2. The summed E-state index contributed by atoms with van der Waals surface area (Å²) in [5.41, 5.74) is 0.277. The van der Waals surface area contributed by atoms with Crippen molar-refractivity contribution >= 4 is 27.6 Å². The zero-order valence-electron chi connectivity index (χ0n) is 17.0. The molecule has 11 heteroatoms. The Bertz CT molecular complexity index is 1180. The fourth-order valence-electron chi connectivity index (χ4n) is 3.75. The third-order valence-electron chi connectivity index (χ3n) is 5.43. The lowest BCUT2D eigenvalue weighted by Crippen LogP contribution is -2.35. The maximum absolute atomic E-state index is 12.9. The molecule has 0 radical (unpaired) electrons. The summed E-state index contributed by atoms with van der Waals surface area (Å²) in [6, 6.07) is 3.87. The molecule has 0 spiro atoms. The predicted octanol–water partition coefficient (Wildman–Crippen LogP) is 1.30. The van der Waals surface area contributed by atoms with Crippen molar-refractivity contribution < 1.29 is 32.3 Å². The van der Waals surface area contributed by atoms with Crippen LogP contribution in [0.4, 0.5) is 0 Å². The van der Waals surface area contributed by atoms with Crippen LogP contribution in [0.1, 0.15) is 44.0 Å². The Morgan fingerprint density at radius 2 is 1.71 bits per heavy atom. The molecule has 4 rings (SSSR count). The van der Waals surface area contributed by atoms with Gasteiger partial charge in [0.05, 0.1) is 19.8 Å². The number of rotatable bonds is 6. The summed E-state index contributed by atoms with van der Waals surface area (Å²) in [7, 11) is -1.52. The first-order valence-corrected chi connectivity index (χ1v) is 11.1. The van der Waals surface area contributed by atoms with Gasteiger partial charge in [-0.3, -0.25) is 14.4 Å². The second-order valence-corrected chi connectivity index (χ2v) is 9.08. The minimum absolute atomic E-state index is 0.0931. The summed E-state index contributed by atoms with van der Waals surface area (Å²) < 4.78 is 36.6. The molecule has 3 heterocycles. The molecule has 0 atom stereocenters. The number of hydrogen-bond acceptors (Lipinski definition) is 7. The molecule has 1 saturated heterocycles. The molecule has 2 amide bonds. The van der Waals surface area contributed by atoms with E-state index in [1.54, 1.807) is 4.90 Å². The zero-order chi connectivity index (χ0) is 22.3. The molecule has 2 aliphatic heterocycles. The maximum atomic E-state index is 12.9. The molecule has 1 aromatic heterocycles. The third kappa shape index (κ3) is 3.44. The Morgan fingerprint density at radius 3 is 2.35 bits per heavy atom. The van der Waals surface area contributed by atoms with Crippen molar-refractivity contribution in [2.45, 2.75) is 17.7 Å². The first kappa shape index (κ1) is 20.9. The molecule has 31 heavy (non-hydrogen) atoms. The molecule has 0 aliphatic carbocycles. The second-order valence-electron chi connectivity index (χ2n) is 7.24. The first-order chi connectivity index (χ1) is 14.8. The number of aromatic nitrogens is 1. The lowest BCUT2D eigenvalue weighted by atomic mass is 10.1. The number of carbonyl (C=O) groups is 3. The van der Waals surface area contributed by atoms with Gasteiger partial charge in [-0.15, -0.1) is 0 Å². The number of carbonyl (C=O) groups excluding carboxylic acids is 3. The van der Waals surface area contributed by atoms with Gasteiger partial charge in [-0.05, 0) is 25.0 Å². The number of ether oxygens (including phenoxy) is 2. The van der Waals surface area contributed by atoms with Gasteiger partial charge < -0.3 is 19.4 Å². The summed E-state index contributed by atoms with van der Waals surface area (Å²) >= 11 is 0. The monoisotopic (exact) mass is 447 g/mol. The topological polar surface area (TPSA) is 126 Å². The van der Waals surface area contributed by atoms with Gasteiger partial charge in [0.25, 0.3) is 21.8 Å². The zero-order valence-corrected chi connectivity index (χ0v) is 17.8. The average molecular weight is 447 g/mol. The van der Waals surface area contributed by atoms with E-state index in [0.29, 0.717) is 17.4 Å². The number of benzene rings is 1. The van der Waals surface area contributed by atoms with Crippen LogP contribution in [0, 0.1) is 0 Å². The van der Waals surface area contributed by atoms with Crippen LogP contribution in [0.15, 0.2) is 29.3 Å². The fraction of sp³-hybridized carbons (Fsp3) is 0.350. The largest absolute Gasteiger partial charge is 0.493 e. The quantitative estimate of drug-likeness (QED) is 0.662. The highest BCUT2D eigenvalue weighted by molar-refractivity contribution is 7.90. The standard InChI is InChI=1S/C20H21N3O7S/c1-29-16-8-13-18(9-17(16)30-2)31(27,28)23(19(13)25)11-15(24)12-7-14(21-10-12)20(26)22-5-3-4-6-22/h7-10,21H,3-6,11H2,1-2H3. The van der Waals surface area contributed by atoms with Gasteiger partial charge >= 0.3 is 0 Å². The first-order valence-electron chi connectivity index (χ1n) is 9.62. The van der Waals surface area contributed by atoms with Gasteiger partial charge in [-0.2, -0.15) is 0 Å². The molecular formula is C20H21N3O7S. The van der Waals surface area contributed by atoms with E-state index in [1.807, 2.05) is 0 Å². The van der Waals surface area contributed by atoms with Crippen molar-refractivity contribution in [3.05, 3.63) is 41.2 Å². The van der Waals surface area contributed by atoms with Gasteiger partial charge in [0, 0.05) is 30.9 Å². The summed E-state index contributed by atoms with van der Waals surface area (Å²) in [4.78, 5) is 42.2. The lowest BCUT2D eigenvalue weighted by Gasteiger charge is -2.14. The van der Waals surface area contributed by atoms with Crippen molar-refractivity contribution in [1.82, 2.24) is 14.2 Å². The summed E-state index contributed by atoms with van der Waals surface area (Å²) in [5.74, 6) is -1.29. The van der Waals surface area contributed by atoms with Crippen LogP contribution < -0.4 is 9.47 Å². The second kappa shape index (κ2) is 7.73. The maximum Gasteiger partial charge on any atom is 0.270 e. The van der Waals surface area contributed by atoms with E-state index in [9.17, 15) is 22.8 Å². The van der Waals surface area contributed by atoms with E-state index in [2.05, 4.69) is 4.98 Å². The molecule has 10 nitrogen and oxygen atoms in total. The molecule has 2 aromatic rings. The highest BCUT2D eigenvalue weighted by atomic mass is 32.2. The van der Waals surface area contributed by atoms with Gasteiger partial charge in [0.1, 0.15) is 17.1 Å². The number of nitrogens with one attached hydrogen (secondary N) is 1. The number of hydrogen-bond donors (Lipinski definition) is 1. The number of nitrogens with zero attached hydrogens (tertiary/aromatic N) is 2. The Hall–Kier alpha value is -3.34. The van der Waals surface area contributed by atoms with Crippen LogP contribution in [-0.2, 0) is 10.0 Å². The number of sulfonamides is 1. The summed E-state index contributed by atoms with van der Waals surface area (Å²) in [6.07, 6.45) is 3.21. The number of amides is 2. The van der Waals surface area contributed by atoms with Crippen molar-refractivity contribution in [3.8, 4) is 11.5 Å². The Balaban J connectivity index is 1.57. The highest BCUT2D eigenvalue weighted by Crippen LogP contribution is 2.38. The molecule has 1 fully saturated rings. The van der Waals surface area contributed by atoms with E-state index in [1.165, 1.54) is 38.6 Å². The molecule has 164 valence electrons. The number of Topliss-reactive ketones (excluding diaryl/α,β-unsaturated/α-hetero) is 1. The lowest BCUT2D eigenvalue weighted by molar-refractivity contribution is 0.0786. The highest BCUT2D eigenvalue weighted by Gasteiger charge is 2.43. The SMILES string of the molecule is COc1cc2c(cc1OC)S(=O)(=O)N(CC(=O)c1c[nH]c(C(=O)N3CCCC3)c1)C2=O. The van der Waals surface area contributed by atoms with E-state index in [-0.39, 0.29) is 39.1 Å². The molecule has 1 N–H and O–H groups in total. The van der Waals surface area contributed by atoms with Crippen LogP contribution in [0.3, 0.4) is 0 Å². The molecule has 2 aliphatic rings. The van der Waals surface area contributed by atoms with E-state index < -0.39 is 28.3 Å². The van der Waals surface area contributed by atoms with Crippen molar-refractivity contribution in [2.24, 2.45) is 0 Å². The van der Waals surface area contributed by atoms with Crippen LogP contribution in [0.2, 0.25) is 0 Å². The van der Waals surface area contributed by atoms with E-state index in [4.69, 9.17) is 9.47 Å². The van der Waals surface area contributed by atoms with Gasteiger partial charge in [0.15, 0.2) is 17.3 Å². The molecule has 0 saturated carbocycles. The third-order valence-corrected chi connectivity index (χ3v) is 7.20.